The lowest BCUT2D eigenvalue weighted by Crippen LogP contribution is -2.40. The van der Waals surface area contributed by atoms with Crippen molar-refractivity contribution in [3.8, 4) is 0 Å². The zero-order valence-corrected chi connectivity index (χ0v) is 13.2. The van der Waals surface area contributed by atoms with Crippen molar-refractivity contribution in [2.75, 3.05) is 25.5 Å². The van der Waals surface area contributed by atoms with Gasteiger partial charge >= 0.3 is 6.03 Å². The SMILES string of the molecule is Cc1cc(NC(=O)N2C[C@@H]3[C@H](O)C(=O)N(C)[C@@H]3C2)ccc1Cl. The van der Waals surface area contributed by atoms with Crippen LogP contribution in [0.25, 0.3) is 0 Å². The third-order valence-electron chi connectivity index (χ3n) is 4.53. The van der Waals surface area contributed by atoms with Gasteiger partial charge in [-0.1, -0.05) is 11.6 Å². The van der Waals surface area contributed by atoms with Crippen molar-refractivity contribution in [1.29, 1.82) is 0 Å². The normalized spacial score (nSPS) is 27.3. The highest BCUT2D eigenvalue weighted by Gasteiger charge is 2.51. The van der Waals surface area contributed by atoms with Gasteiger partial charge in [-0.2, -0.15) is 0 Å². The topological polar surface area (TPSA) is 72.9 Å². The summed E-state index contributed by atoms with van der Waals surface area (Å²) in [5, 5.41) is 13.4. The molecule has 22 heavy (non-hydrogen) atoms. The van der Waals surface area contributed by atoms with E-state index in [0.717, 1.165) is 5.56 Å². The summed E-state index contributed by atoms with van der Waals surface area (Å²) in [6.45, 7) is 2.68. The lowest BCUT2D eigenvalue weighted by Gasteiger charge is -2.21. The number of fused-ring (bicyclic) bond motifs is 1. The number of nitrogens with one attached hydrogen (secondary N) is 1. The number of urea groups is 1. The van der Waals surface area contributed by atoms with Crippen LogP contribution >= 0.6 is 11.6 Å². The molecule has 0 aliphatic carbocycles. The van der Waals surface area contributed by atoms with Crippen molar-refractivity contribution in [3.05, 3.63) is 28.8 Å². The highest BCUT2D eigenvalue weighted by molar-refractivity contribution is 6.31. The Hall–Kier alpha value is -1.79. The first-order valence-electron chi connectivity index (χ1n) is 7.15. The number of amides is 3. The zero-order valence-electron chi connectivity index (χ0n) is 12.4. The van der Waals surface area contributed by atoms with Crippen molar-refractivity contribution in [3.63, 3.8) is 0 Å². The molecule has 7 heteroatoms. The van der Waals surface area contributed by atoms with E-state index in [1.54, 1.807) is 24.1 Å². The first kappa shape index (κ1) is 15.1. The molecule has 0 radical (unpaired) electrons. The van der Waals surface area contributed by atoms with Gasteiger partial charge < -0.3 is 20.2 Å². The van der Waals surface area contributed by atoms with Gasteiger partial charge in [-0.15, -0.1) is 0 Å². The van der Waals surface area contributed by atoms with E-state index in [1.165, 1.54) is 4.90 Å². The van der Waals surface area contributed by atoms with Crippen LogP contribution in [0.4, 0.5) is 10.5 Å². The van der Waals surface area contributed by atoms with Crippen LogP contribution in [0, 0.1) is 12.8 Å². The first-order valence-corrected chi connectivity index (χ1v) is 7.53. The fraction of sp³-hybridized carbons (Fsp3) is 0.467. The van der Waals surface area contributed by atoms with E-state index < -0.39 is 6.10 Å². The molecule has 3 atom stereocenters. The quantitative estimate of drug-likeness (QED) is 0.818. The number of rotatable bonds is 1. The highest BCUT2D eigenvalue weighted by atomic mass is 35.5. The largest absolute Gasteiger partial charge is 0.383 e. The minimum absolute atomic E-state index is 0.111. The van der Waals surface area contributed by atoms with E-state index in [1.807, 2.05) is 13.0 Å². The number of aliphatic hydroxyl groups is 1. The van der Waals surface area contributed by atoms with Gasteiger partial charge in [-0.25, -0.2) is 4.79 Å². The predicted molar refractivity (Wildman–Crippen MR) is 82.8 cm³/mol. The molecule has 3 amide bonds. The fourth-order valence-corrected chi connectivity index (χ4v) is 3.30. The van der Waals surface area contributed by atoms with Crippen LogP contribution in [0.3, 0.4) is 0 Å². The van der Waals surface area contributed by atoms with Crippen molar-refractivity contribution in [1.82, 2.24) is 9.80 Å². The monoisotopic (exact) mass is 323 g/mol. The molecule has 2 saturated heterocycles. The molecule has 2 aliphatic heterocycles. The summed E-state index contributed by atoms with van der Waals surface area (Å²) in [5.41, 5.74) is 1.56. The Morgan fingerprint density at radius 1 is 1.41 bits per heavy atom. The number of aliphatic hydroxyl groups excluding tert-OH is 1. The van der Waals surface area contributed by atoms with Crippen LogP contribution in [0.1, 0.15) is 5.56 Å². The number of likely N-dealkylation sites (N-methyl/N-ethyl adjacent to an activating group) is 1. The standard InChI is InChI=1S/C15H18ClN3O3/c1-8-5-9(3-4-11(8)16)17-15(22)19-6-10-12(7-19)18(2)14(21)13(10)20/h3-5,10,12-13,20H,6-7H2,1-2H3,(H,17,22)/t10-,12+,13-/m0/s1. The van der Waals surface area contributed by atoms with Crippen LogP contribution < -0.4 is 5.32 Å². The van der Waals surface area contributed by atoms with E-state index in [9.17, 15) is 14.7 Å². The van der Waals surface area contributed by atoms with Gasteiger partial charge in [0.15, 0.2) is 0 Å². The van der Waals surface area contributed by atoms with Crippen molar-refractivity contribution in [2.45, 2.75) is 19.1 Å². The van der Waals surface area contributed by atoms with Gasteiger partial charge in [0.2, 0.25) is 0 Å². The average molecular weight is 324 g/mol. The molecule has 6 nitrogen and oxygen atoms in total. The number of carbonyl (C=O) groups is 2. The molecule has 0 bridgehead atoms. The molecule has 1 aromatic carbocycles. The smallest absolute Gasteiger partial charge is 0.321 e. The maximum Gasteiger partial charge on any atom is 0.321 e. The molecule has 0 spiro atoms. The molecule has 0 aromatic heterocycles. The minimum atomic E-state index is -1.01. The molecule has 2 heterocycles. The van der Waals surface area contributed by atoms with Gasteiger partial charge in [-0.05, 0) is 30.7 Å². The van der Waals surface area contributed by atoms with Gasteiger partial charge in [0.1, 0.15) is 6.10 Å². The summed E-state index contributed by atoms with van der Waals surface area (Å²) in [6.07, 6.45) is -1.01. The summed E-state index contributed by atoms with van der Waals surface area (Å²) in [4.78, 5) is 27.2. The molecule has 2 N–H and O–H groups in total. The predicted octanol–water partition coefficient (Wildman–Crippen LogP) is 1.31. The van der Waals surface area contributed by atoms with Crippen molar-refractivity contribution >= 4 is 29.2 Å². The molecule has 1 aromatic rings. The molecular weight excluding hydrogens is 306 g/mol. The Bertz CT molecular complexity index is 616. The second-order valence-electron chi connectivity index (χ2n) is 5.92. The molecule has 3 rings (SSSR count). The second-order valence-corrected chi connectivity index (χ2v) is 6.33. The van der Waals surface area contributed by atoms with E-state index in [2.05, 4.69) is 5.32 Å². The van der Waals surface area contributed by atoms with Gasteiger partial charge in [0.05, 0.1) is 6.04 Å². The number of halogens is 1. The van der Waals surface area contributed by atoms with E-state index >= 15 is 0 Å². The number of hydrogen-bond donors (Lipinski definition) is 2. The van der Waals surface area contributed by atoms with Crippen LogP contribution in [0.5, 0.6) is 0 Å². The van der Waals surface area contributed by atoms with E-state index in [0.29, 0.717) is 23.8 Å². The molecule has 2 aliphatic rings. The third kappa shape index (κ3) is 2.42. The van der Waals surface area contributed by atoms with Gasteiger partial charge in [0.25, 0.3) is 5.91 Å². The Kier molecular flexibility index (Phi) is 3.74. The Morgan fingerprint density at radius 3 is 2.77 bits per heavy atom. The lowest BCUT2D eigenvalue weighted by atomic mass is 10.0. The first-order chi connectivity index (χ1) is 10.4. The van der Waals surface area contributed by atoms with Crippen molar-refractivity contribution in [2.24, 2.45) is 5.92 Å². The number of aryl methyl sites for hydroxylation is 1. The summed E-state index contributed by atoms with van der Waals surface area (Å²) in [5.74, 6) is -0.474. The Labute approximate surface area is 133 Å². The second kappa shape index (κ2) is 5.44. The number of carbonyl (C=O) groups excluding carboxylic acids is 2. The number of likely N-dealkylation sites (tertiary alicyclic amines) is 2. The molecule has 0 saturated carbocycles. The summed E-state index contributed by atoms with van der Waals surface area (Å²) < 4.78 is 0. The number of hydrogen-bond acceptors (Lipinski definition) is 3. The maximum absolute atomic E-state index is 12.3. The Balaban J connectivity index is 1.67. The zero-order chi connectivity index (χ0) is 16.0. The van der Waals surface area contributed by atoms with Gasteiger partial charge in [0, 0.05) is 36.8 Å². The van der Waals surface area contributed by atoms with Crippen LogP contribution in [-0.4, -0.2) is 59.1 Å². The number of anilines is 1. The molecule has 0 unspecified atom stereocenters. The van der Waals surface area contributed by atoms with Crippen LogP contribution in [0.15, 0.2) is 18.2 Å². The van der Waals surface area contributed by atoms with E-state index in [-0.39, 0.29) is 23.9 Å². The van der Waals surface area contributed by atoms with Crippen LogP contribution in [0.2, 0.25) is 5.02 Å². The summed E-state index contributed by atoms with van der Waals surface area (Å²) >= 11 is 5.97. The molecular formula is C15H18ClN3O3. The van der Waals surface area contributed by atoms with E-state index in [4.69, 9.17) is 11.6 Å². The summed E-state index contributed by atoms with van der Waals surface area (Å²) in [6, 6.07) is 4.95. The average Bonchev–Trinajstić information content (AvgIpc) is 3.00. The molecule has 2 fully saturated rings. The third-order valence-corrected chi connectivity index (χ3v) is 4.96. The Morgan fingerprint density at radius 2 is 2.14 bits per heavy atom. The maximum atomic E-state index is 12.3. The minimum Gasteiger partial charge on any atom is -0.383 e. The number of nitrogens with zero attached hydrogens (tertiary/aromatic N) is 2. The summed E-state index contributed by atoms with van der Waals surface area (Å²) in [7, 11) is 1.67. The lowest BCUT2D eigenvalue weighted by molar-refractivity contribution is -0.135. The number of benzene rings is 1. The highest BCUT2D eigenvalue weighted by Crippen LogP contribution is 2.32. The van der Waals surface area contributed by atoms with Gasteiger partial charge in [-0.3, -0.25) is 4.79 Å². The van der Waals surface area contributed by atoms with Crippen LogP contribution in [-0.2, 0) is 4.79 Å². The fourth-order valence-electron chi connectivity index (χ4n) is 3.18. The molecule has 118 valence electrons. The van der Waals surface area contributed by atoms with Crippen molar-refractivity contribution < 1.29 is 14.7 Å².